The number of morpholine rings is 1. The van der Waals surface area contributed by atoms with Crippen LogP contribution in [0.15, 0.2) is 42.5 Å². The molecule has 0 spiro atoms. The van der Waals surface area contributed by atoms with Crippen LogP contribution in [0.3, 0.4) is 0 Å². The molecule has 2 aromatic rings. The Morgan fingerprint density at radius 3 is 2.46 bits per heavy atom. The van der Waals surface area contributed by atoms with E-state index in [4.69, 9.17) is 27.9 Å². The van der Waals surface area contributed by atoms with E-state index in [9.17, 15) is 4.79 Å². The predicted molar refractivity (Wildman–Crippen MR) is 105 cm³/mol. The van der Waals surface area contributed by atoms with E-state index < -0.39 is 0 Å². The SMILES string of the molecule is Cc1ccc([C@H](CN2CCOCC2)NC(=O)c2ccc(Cl)c(Cl)c2)cc1. The number of ether oxygens (including phenoxy) is 1. The van der Waals surface area contributed by atoms with Gasteiger partial charge in [-0.15, -0.1) is 0 Å². The van der Waals surface area contributed by atoms with Crippen molar-refractivity contribution in [3.8, 4) is 0 Å². The average Bonchev–Trinajstić information content (AvgIpc) is 2.65. The van der Waals surface area contributed by atoms with Gasteiger partial charge in [-0.2, -0.15) is 0 Å². The zero-order chi connectivity index (χ0) is 18.5. The molecule has 1 atom stereocenters. The maximum absolute atomic E-state index is 12.7. The molecule has 0 bridgehead atoms. The number of rotatable bonds is 5. The van der Waals surface area contributed by atoms with E-state index in [1.807, 2.05) is 0 Å². The van der Waals surface area contributed by atoms with Crippen LogP contribution in [0.5, 0.6) is 0 Å². The van der Waals surface area contributed by atoms with E-state index in [1.54, 1.807) is 18.2 Å². The Bertz CT molecular complexity index is 759. The van der Waals surface area contributed by atoms with E-state index in [-0.39, 0.29) is 11.9 Å². The third-order valence-corrected chi connectivity index (χ3v) is 5.25. The minimum Gasteiger partial charge on any atom is -0.379 e. The summed E-state index contributed by atoms with van der Waals surface area (Å²) in [4.78, 5) is 15.1. The van der Waals surface area contributed by atoms with Gasteiger partial charge in [-0.05, 0) is 30.7 Å². The molecule has 0 aliphatic carbocycles. The first kappa shape index (κ1) is 19.2. The molecule has 1 saturated heterocycles. The standard InChI is InChI=1S/C20H22Cl2N2O2/c1-14-2-4-15(5-3-14)19(13-24-8-10-26-11-9-24)23-20(25)16-6-7-17(21)18(22)12-16/h2-7,12,19H,8-11,13H2,1H3,(H,23,25)/t19-/m0/s1. The monoisotopic (exact) mass is 392 g/mol. The zero-order valence-corrected chi connectivity index (χ0v) is 16.2. The van der Waals surface area contributed by atoms with Crippen molar-refractivity contribution < 1.29 is 9.53 Å². The fraction of sp³-hybridized carbons (Fsp3) is 0.350. The highest BCUT2D eigenvalue weighted by Gasteiger charge is 2.21. The fourth-order valence-electron chi connectivity index (χ4n) is 2.95. The highest BCUT2D eigenvalue weighted by Crippen LogP contribution is 2.23. The number of halogens is 2. The minimum absolute atomic E-state index is 0.115. The number of aryl methyl sites for hydroxylation is 1. The number of nitrogens with zero attached hydrogens (tertiary/aromatic N) is 1. The quantitative estimate of drug-likeness (QED) is 0.832. The molecule has 1 aliphatic rings. The number of carbonyl (C=O) groups is 1. The minimum atomic E-state index is -0.164. The van der Waals surface area contributed by atoms with Crippen LogP contribution < -0.4 is 5.32 Å². The molecule has 1 heterocycles. The van der Waals surface area contributed by atoms with E-state index >= 15 is 0 Å². The Kier molecular flexibility index (Phi) is 6.54. The first-order valence-electron chi connectivity index (χ1n) is 8.65. The molecule has 1 aliphatic heterocycles. The van der Waals surface area contributed by atoms with Crippen molar-refractivity contribution in [2.24, 2.45) is 0 Å². The largest absolute Gasteiger partial charge is 0.379 e. The number of benzene rings is 2. The van der Waals surface area contributed by atoms with Crippen LogP contribution in [0.2, 0.25) is 10.0 Å². The summed E-state index contributed by atoms with van der Waals surface area (Å²) in [6.07, 6.45) is 0. The van der Waals surface area contributed by atoms with Gasteiger partial charge in [-0.25, -0.2) is 0 Å². The lowest BCUT2D eigenvalue weighted by Crippen LogP contribution is -2.43. The molecule has 6 heteroatoms. The van der Waals surface area contributed by atoms with Gasteiger partial charge in [0.05, 0.1) is 29.3 Å². The van der Waals surface area contributed by atoms with Crippen molar-refractivity contribution >= 4 is 29.1 Å². The van der Waals surface area contributed by atoms with E-state index in [0.29, 0.717) is 15.6 Å². The Balaban J connectivity index is 1.78. The summed E-state index contributed by atoms with van der Waals surface area (Å²) >= 11 is 12.0. The van der Waals surface area contributed by atoms with Crippen LogP contribution in [0.25, 0.3) is 0 Å². The van der Waals surface area contributed by atoms with Gasteiger partial charge in [0.1, 0.15) is 0 Å². The van der Waals surface area contributed by atoms with Crippen LogP contribution in [-0.4, -0.2) is 43.7 Å². The van der Waals surface area contributed by atoms with Gasteiger partial charge in [-0.3, -0.25) is 9.69 Å². The van der Waals surface area contributed by atoms with E-state index in [1.165, 1.54) is 5.56 Å². The smallest absolute Gasteiger partial charge is 0.251 e. The zero-order valence-electron chi connectivity index (χ0n) is 14.7. The summed E-state index contributed by atoms with van der Waals surface area (Å²) < 4.78 is 5.42. The molecule has 1 N–H and O–H groups in total. The Morgan fingerprint density at radius 1 is 1.12 bits per heavy atom. The van der Waals surface area contributed by atoms with Crippen molar-refractivity contribution in [3.05, 3.63) is 69.2 Å². The fourth-order valence-corrected chi connectivity index (χ4v) is 3.25. The van der Waals surface area contributed by atoms with Crippen LogP contribution in [0, 0.1) is 6.92 Å². The van der Waals surface area contributed by atoms with Gasteiger partial charge in [0.2, 0.25) is 0 Å². The third kappa shape index (κ3) is 4.98. The molecule has 0 aromatic heterocycles. The number of amides is 1. The Labute approximate surface area is 164 Å². The maximum atomic E-state index is 12.7. The molecule has 1 amide bonds. The van der Waals surface area contributed by atoms with Gasteiger partial charge >= 0.3 is 0 Å². The van der Waals surface area contributed by atoms with Crippen molar-refractivity contribution in [1.29, 1.82) is 0 Å². The summed E-state index contributed by atoms with van der Waals surface area (Å²) in [5.74, 6) is -0.164. The molecule has 0 saturated carbocycles. The van der Waals surface area contributed by atoms with Gasteiger partial charge < -0.3 is 10.1 Å². The Morgan fingerprint density at radius 2 is 1.81 bits per heavy atom. The molecule has 1 fully saturated rings. The second-order valence-electron chi connectivity index (χ2n) is 6.48. The first-order valence-corrected chi connectivity index (χ1v) is 9.41. The molecule has 3 rings (SSSR count). The second kappa shape index (κ2) is 8.87. The van der Waals surface area contributed by atoms with Crippen molar-refractivity contribution in [1.82, 2.24) is 10.2 Å². The lowest BCUT2D eigenvalue weighted by Gasteiger charge is -2.31. The number of hydrogen-bond acceptors (Lipinski definition) is 3. The normalized spacial score (nSPS) is 16.3. The van der Waals surface area contributed by atoms with Gasteiger partial charge in [0.25, 0.3) is 5.91 Å². The van der Waals surface area contributed by atoms with Crippen LogP contribution in [-0.2, 0) is 4.74 Å². The van der Waals surface area contributed by atoms with Crippen molar-refractivity contribution in [2.75, 3.05) is 32.8 Å². The summed E-state index contributed by atoms with van der Waals surface area (Å²) in [7, 11) is 0. The average molecular weight is 393 g/mol. The van der Waals surface area contributed by atoms with E-state index in [2.05, 4.69) is 41.4 Å². The number of nitrogens with one attached hydrogen (secondary N) is 1. The van der Waals surface area contributed by atoms with Crippen LogP contribution >= 0.6 is 23.2 Å². The molecule has 2 aromatic carbocycles. The molecule has 0 radical (unpaired) electrons. The first-order chi connectivity index (χ1) is 12.5. The molecular weight excluding hydrogens is 371 g/mol. The predicted octanol–water partition coefficient (Wildman–Crippen LogP) is 4.11. The lowest BCUT2D eigenvalue weighted by atomic mass is 10.0. The van der Waals surface area contributed by atoms with Crippen molar-refractivity contribution in [2.45, 2.75) is 13.0 Å². The number of hydrogen-bond donors (Lipinski definition) is 1. The molecule has 0 unspecified atom stereocenters. The summed E-state index contributed by atoms with van der Waals surface area (Å²) in [6.45, 7) is 5.97. The van der Waals surface area contributed by atoms with Crippen LogP contribution in [0.4, 0.5) is 0 Å². The highest BCUT2D eigenvalue weighted by atomic mass is 35.5. The molecule has 26 heavy (non-hydrogen) atoms. The molecular formula is C20H22Cl2N2O2. The summed E-state index contributed by atoms with van der Waals surface area (Å²) in [5.41, 5.74) is 2.77. The van der Waals surface area contributed by atoms with Gasteiger partial charge in [0, 0.05) is 25.2 Å². The molecule has 138 valence electrons. The van der Waals surface area contributed by atoms with E-state index in [0.717, 1.165) is 38.4 Å². The second-order valence-corrected chi connectivity index (χ2v) is 7.29. The maximum Gasteiger partial charge on any atom is 0.251 e. The Hall–Kier alpha value is -1.59. The topological polar surface area (TPSA) is 41.6 Å². The molecule has 4 nitrogen and oxygen atoms in total. The van der Waals surface area contributed by atoms with Gasteiger partial charge in [-0.1, -0.05) is 53.0 Å². The van der Waals surface area contributed by atoms with Gasteiger partial charge in [0.15, 0.2) is 0 Å². The summed E-state index contributed by atoms with van der Waals surface area (Å²) in [6, 6.07) is 13.1. The summed E-state index contributed by atoms with van der Waals surface area (Å²) in [5, 5.41) is 3.95. The van der Waals surface area contributed by atoms with Crippen molar-refractivity contribution in [3.63, 3.8) is 0 Å². The van der Waals surface area contributed by atoms with Crippen LogP contribution in [0.1, 0.15) is 27.5 Å². The highest BCUT2D eigenvalue weighted by molar-refractivity contribution is 6.42. The lowest BCUT2D eigenvalue weighted by molar-refractivity contribution is 0.0332. The third-order valence-electron chi connectivity index (χ3n) is 4.51. The number of carbonyl (C=O) groups excluding carboxylic acids is 1.